The average molecular weight is 429 g/mol. The summed E-state index contributed by atoms with van der Waals surface area (Å²) in [7, 11) is 0. The number of rotatable bonds is 6. The molecule has 3 aromatic rings. The number of aromatic nitrogens is 2. The quantitative estimate of drug-likeness (QED) is 0.589. The molecule has 2 heterocycles. The monoisotopic (exact) mass is 428 g/mol. The van der Waals surface area contributed by atoms with Crippen molar-refractivity contribution in [1.29, 1.82) is 0 Å². The highest BCUT2D eigenvalue weighted by Crippen LogP contribution is 2.27. The summed E-state index contributed by atoms with van der Waals surface area (Å²) in [5, 5.41) is 3.06. The number of fused-ring (bicyclic) bond motifs is 1. The summed E-state index contributed by atoms with van der Waals surface area (Å²) in [5.41, 5.74) is 1.86. The van der Waals surface area contributed by atoms with E-state index in [4.69, 9.17) is 4.74 Å². The highest BCUT2D eigenvalue weighted by Gasteiger charge is 2.28. The minimum Gasteiger partial charge on any atom is -0.485 e. The summed E-state index contributed by atoms with van der Waals surface area (Å²) in [5.74, 6) is -1.25. The number of aryl methyl sites for hydroxylation is 2. The number of carbonyl (C=O) groups excluding carboxylic acids is 1. The second-order valence-corrected chi connectivity index (χ2v) is 8.76. The minimum atomic E-state index is -0.674. The number of amides is 1. The molecular formula is C24H28F2N3O2. The van der Waals surface area contributed by atoms with Crippen LogP contribution in [0.3, 0.4) is 0 Å². The molecule has 1 N–H and O–H groups in total. The van der Waals surface area contributed by atoms with E-state index in [1.807, 2.05) is 20.3 Å². The van der Waals surface area contributed by atoms with Crippen LogP contribution in [0.25, 0.3) is 5.65 Å². The first-order valence-corrected chi connectivity index (χ1v) is 10.2. The van der Waals surface area contributed by atoms with Gasteiger partial charge in [-0.15, -0.1) is 0 Å². The molecule has 0 fully saturated rings. The molecule has 0 bridgehead atoms. The molecule has 1 radical (unpaired) electrons. The van der Waals surface area contributed by atoms with E-state index in [1.165, 1.54) is 18.2 Å². The van der Waals surface area contributed by atoms with Crippen LogP contribution in [0.1, 0.15) is 55.0 Å². The standard InChI is InChI=1S/C24H28F2N3O2/c1-7-20(24(4,5)6)28-23(30)21-15(3)27-22-19(11-14(2)12-29(21)22)31-13-16-17(25)9-8-10-18(16)26/h7-12,20H,13H2,1-6H3,(H,28,30). The minimum absolute atomic E-state index is 0.130. The number of nitrogens with zero attached hydrogens (tertiary/aromatic N) is 2. The average Bonchev–Trinajstić information content (AvgIpc) is 3.00. The summed E-state index contributed by atoms with van der Waals surface area (Å²) in [6.45, 7) is 11.4. The highest BCUT2D eigenvalue weighted by molar-refractivity contribution is 5.95. The lowest BCUT2D eigenvalue weighted by Crippen LogP contribution is -2.44. The lowest BCUT2D eigenvalue weighted by molar-refractivity contribution is 0.0908. The van der Waals surface area contributed by atoms with E-state index in [9.17, 15) is 13.6 Å². The largest absolute Gasteiger partial charge is 0.485 e. The topological polar surface area (TPSA) is 55.6 Å². The molecule has 5 nitrogen and oxygen atoms in total. The Morgan fingerprint density at radius 3 is 2.48 bits per heavy atom. The van der Waals surface area contributed by atoms with Gasteiger partial charge in [-0.3, -0.25) is 9.20 Å². The Kier molecular flexibility index (Phi) is 6.34. The van der Waals surface area contributed by atoms with Crippen LogP contribution in [0.4, 0.5) is 8.78 Å². The number of carbonyl (C=O) groups is 1. The van der Waals surface area contributed by atoms with Crippen LogP contribution in [0.15, 0.2) is 30.5 Å². The van der Waals surface area contributed by atoms with Gasteiger partial charge in [0.2, 0.25) is 0 Å². The van der Waals surface area contributed by atoms with Gasteiger partial charge in [0.1, 0.15) is 23.9 Å². The fourth-order valence-electron chi connectivity index (χ4n) is 3.57. The van der Waals surface area contributed by atoms with E-state index in [0.717, 1.165) is 5.56 Å². The first-order valence-electron chi connectivity index (χ1n) is 10.2. The Morgan fingerprint density at radius 2 is 1.90 bits per heavy atom. The molecule has 2 aromatic heterocycles. The smallest absolute Gasteiger partial charge is 0.270 e. The summed E-state index contributed by atoms with van der Waals surface area (Å²) in [6, 6.07) is 5.29. The van der Waals surface area contributed by atoms with E-state index < -0.39 is 11.6 Å². The fraction of sp³-hybridized carbons (Fsp3) is 0.375. The number of pyridine rings is 1. The van der Waals surface area contributed by atoms with Crippen molar-refractivity contribution in [2.75, 3.05) is 0 Å². The van der Waals surface area contributed by atoms with Crippen LogP contribution in [0.5, 0.6) is 5.75 Å². The second kappa shape index (κ2) is 8.65. The van der Waals surface area contributed by atoms with Gasteiger partial charge < -0.3 is 10.1 Å². The van der Waals surface area contributed by atoms with Gasteiger partial charge in [-0.05, 0) is 49.4 Å². The first-order chi connectivity index (χ1) is 14.5. The van der Waals surface area contributed by atoms with Crippen LogP contribution >= 0.6 is 0 Å². The third-order valence-corrected chi connectivity index (χ3v) is 5.20. The summed E-state index contributed by atoms with van der Waals surface area (Å²) >= 11 is 0. The number of ether oxygens (including phenoxy) is 1. The molecule has 0 aliphatic rings. The van der Waals surface area contributed by atoms with Crippen molar-refractivity contribution in [3.05, 3.63) is 71.0 Å². The van der Waals surface area contributed by atoms with Gasteiger partial charge in [-0.2, -0.15) is 0 Å². The predicted molar refractivity (Wildman–Crippen MR) is 116 cm³/mol. The lowest BCUT2D eigenvalue weighted by atomic mass is 9.85. The molecule has 1 amide bonds. The molecule has 1 aromatic carbocycles. The molecule has 0 spiro atoms. The number of nitrogens with one attached hydrogen (secondary N) is 1. The van der Waals surface area contributed by atoms with Gasteiger partial charge in [0, 0.05) is 12.2 Å². The third kappa shape index (κ3) is 4.70. The zero-order valence-electron chi connectivity index (χ0n) is 18.7. The molecule has 0 saturated heterocycles. The number of imidazole rings is 1. The van der Waals surface area contributed by atoms with Crippen molar-refractivity contribution in [3.63, 3.8) is 0 Å². The molecule has 0 saturated carbocycles. The van der Waals surface area contributed by atoms with Gasteiger partial charge in [0.15, 0.2) is 11.4 Å². The third-order valence-electron chi connectivity index (χ3n) is 5.20. The Hall–Kier alpha value is -2.96. The van der Waals surface area contributed by atoms with E-state index in [2.05, 4.69) is 31.1 Å². The maximum absolute atomic E-state index is 14.0. The van der Waals surface area contributed by atoms with Crippen molar-refractivity contribution < 1.29 is 18.3 Å². The van der Waals surface area contributed by atoms with Gasteiger partial charge in [0.05, 0.1) is 11.3 Å². The highest BCUT2D eigenvalue weighted by atomic mass is 19.1. The zero-order chi connectivity index (χ0) is 22.9. The molecule has 7 heteroatoms. The molecule has 31 heavy (non-hydrogen) atoms. The molecular weight excluding hydrogens is 400 g/mol. The molecule has 1 unspecified atom stereocenters. The van der Waals surface area contributed by atoms with Gasteiger partial charge in [-0.1, -0.05) is 33.8 Å². The number of halogens is 2. The van der Waals surface area contributed by atoms with Crippen LogP contribution in [-0.2, 0) is 6.61 Å². The van der Waals surface area contributed by atoms with Crippen LogP contribution in [0, 0.1) is 37.3 Å². The Morgan fingerprint density at radius 1 is 1.26 bits per heavy atom. The molecule has 3 rings (SSSR count). The molecule has 0 aliphatic carbocycles. The van der Waals surface area contributed by atoms with E-state index in [1.54, 1.807) is 23.6 Å². The molecule has 165 valence electrons. The van der Waals surface area contributed by atoms with E-state index in [-0.39, 0.29) is 29.5 Å². The van der Waals surface area contributed by atoms with Gasteiger partial charge >= 0.3 is 0 Å². The van der Waals surface area contributed by atoms with Crippen molar-refractivity contribution in [1.82, 2.24) is 14.7 Å². The first kappa shape index (κ1) is 22.7. The van der Waals surface area contributed by atoms with Crippen molar-refractivity contribution in [2.24, 2.45) is 5.41 Å². The van der Waals surface area contributed by atoms with Crippen molar-refractivity contribution >= 4 is 11.6 Å². The predicted octanol–water partition coefficient (Wildman–Crippen LogP) is 5.18. The van der Waals surface area contributed by atoms with Gasteiger partial charge in [0.25, 0.3) is 5.91 Å². The van der Waals surface area contributed by atoms with Gasteiger partial charge in [-0.25, -0.2) is 13.8 Å². The summed E-state index contributed by atoms with van der Waals surface area (Å²) in [6.07, 6.45) is 3.75. The fourth-order valence-corrected chi connectivity index (χ4v) is 3.57. The molecule has 0 aliphatic heterocycles. The van der Waals surface area contributed by atoms with Crippen LogP contribution in [-0.4, -0.2) is 21.3 Å². The maximum atomic E-state index is 14.0. The summed E-state index contributed by atoms with van der Waals surface area (Å²) < 4.78 is 35.4. The van der Waals surface area contributed by atoms with Crippen LogP contribution in [0.2, 0.25) is 0 Å². The maximum Gasteiger partial charge on any atom is 0.270 e. The number of benzene rings is 1. The van der Waals surface area contributed by atoms with E-state index >= 15 is 0 Å². The zero-order valence-corrected chi connectivity index (χ0v) is 18.7. The Bertz CT molecular complexity index is 1100. The van der Waals surface area contributed by atoms with Crippen molar-refractivity contribution in [2.45, 2.75) is 54.2 Å². The number of hydrogen-bond acceptors (Lipinski definition) is 3. The SMILES string of the molecule is C[CH]C(NC(=O)c1c(C)nc2c(OCc3c(F)cccc3F)cc(C)cn12)C(C)(C)C. The normalized spacial score (nSPS) is 12.8. The number of hydrogen-bond donors (Lipinski definition) is 1. The summed E-state index contributed by atoms with van der Waals surface area (Å²) in [4.78, 5) is 17.6. The second-order valence-electron chi connectivity index (χ2n) is 8.76. The Labute approximate surface area is 181 Å². The molecule has 1 atom stereocenters. The van der Waals surface area contributed by atoms with E-state index in [0.29, 0.717) is 22.8 Å². The Balaban J connectivity index is 1.97. The van der Waals surface area contributed by atoms with Crippen molar-refractivity contribution in [3.8, 4) is 5.75 Å². The van der Waals surface area contributed by atoms with Crippen LogP contribution < -0.4 is 10.1 Å². The lowest BCUT2D eigenvalue weighted by Gasteiger charge is -2.30.